The van der Waals surface area contributed by atoms with Crippen molar-refractivity contribution < 1.29 is 18.7 Å². The number of carboxylic acid groups (broad SMARTS) is 1. The van der Waals surface area contributed by atoms with Gasteiger partial charge in [-0.1, -0.05) is 24.3 Å². The van der Waals surface area contributed by atoms with E-state index in [1.54, 1.807) is 4.90 Å². The molecule has 1 unspecified atom stereocenters. The smallest absolute Gasteiger partial charge is 0.341 e. The Labute approximate surface area is 188 Å². The van der Waals surface area contributed by atoms with Crippen LogP contribution in [-0.2, 0) is 6.54 Å². The molecule has 1 atom stereocenters. The summed E-state index contributed by atoms with van der Waals surface area (Å²) in [6, 6.07) is 7.60. The zero-order valence-corrected chi connectivity index (χ0v) is 17.9. The van der Waals surface area contributed by atoms with Gasteiger partial charge in [-0.05, 0) is 30.4 Å². The Balaban J connectivity index is 1.66. The maximum Gasteiger partial charge on any atom is 0.341 e. The van der Waals surface area contributed by atoms with E-state index in [1.165, 1.54) is 4.57 Å². The van der Waals surface area contributed by atoms with Gasteiger partial charge in [-0.15, -0.1) is 0 Å². The molecule has 33 heavy (non-hydrogen) atoms. The highest BCUT2D eigenvalue weighted by molar-refractivity contribution is 5.99. The van der Waals surface area contributed by atoms with E-state index in [2.05, 4.69) is 0 Å². The molecule has 5 rings (SSSR count). The number of hydrogen-bond donors (Lipinski definition) is 3. The Morgan fingerprint density at radius 3 is 2.55 bits per heavy atom. The minimum atomic E-state index is -1.46. The van der Waals surface area contributed by atoms with E-state index < -0.39 is 39.7 Å². The molecule has 0 radical (unpaired) electrons. The van der Waals surface area contributed by atoms with Crippen molar-refractivity contribution in [1.82, 2.24) is 4.57 Å². The average Bonchev–Trinajstić information content (AvgIpc) is 3.54. The number of fused-ring (bicyclic) bond motifs is 1. The van der Waals surface area contributed by atoms with Gasteiger partial charge in [-0.25, -0.2) is 13.6 Å². The second-order valence-electron chi connectivity index (χ2n) is 8.76. The number of aromatic carboxylic acids is 1. The first-order valence-electron chi connectivity index (χ1n) is 10.9. The van der Waals surface area contributed by atoms with Crippen molar-refractivity contribution in [3.8, 4) is 0 Å². The summed E-state index contributed by atoms with van der Waals surface area (Å²) in [7, 11) is 0. The molecule has 5 N–H and O–H groups in total. The number of benzene rings is 2. The minimum absolute atomic E-state index is 0.0421. The molecule has 1 aromatic heterocycles. The van der Waals surface area contributed by atoms with Crippen LogP contribution in [0.3, 0.4) is 0 Å². The van der Waals surface area contributed by atoms with Crippen LogP contribution in [0.25, 0.3) is 10.9 Å². The van der Waals surface area contributed by atoms with Crippen LogP contribution >= 0.6 is 0 Å². The normalized spacial score (nSPS) is 18.3. The number of nitrogens with zero attached hydrogens (tertiary/aromatic N) is 2. The lowest BCUT2D eigenvalue weighted by Crippen LogP contribution is -2.26. The maximum absolute atomic E-state index is 15.9. The van der Waals surface area contributed by atoms with E-state index in [0.717, 1.165) is 17.3 Å². The zero-order chi connectivity index (χ0) is 23.4. The largest absolute Gasteiger partial charge is 0.477 e. The van der Waals surface area contributed by atoms with E-state index in [-0.39, 0.29) is 23.2 Å². The van der Waals surface area contributed by atoms with Gasteiger partial charge in [-0.3, -0.25) is 4.79 Å². The van der Waals surface area contributed by atoms with Gasteiger partial charge < -0.3 is 26.0 Å². The van der Waals surface area contributed by atoms with Crippen LogP contribution in [0.2, 0.25) is 0 Å². The molecule has 0 spiro atoms. The van der Waals surface area contributed by atoms with E-state index in [0.29, 0.717) is 38.9 Å². The maximum atomic E-state index is 15.9. The van der Waals surface area contributed by atoms with Gasteiger partial charge in [0.25, 0.3) is 0 Å². The fourth-order valence-corrected chi connectivity index (χ4v) is 4.96. The van der Waals surface area contributed by atoms with Gasteiger partial charge in [0.05, 0.1) is 16.6 Å². The molecule has 0 bridgehead atoms. The minimum Gasteiger partial charge on any atom is -0.477 e. The lowest BCUT2D eigenvalue weighted by molar-refractivity contribution is 0.0695. The Kier molecular flexibility index (Phi) is 5.08. The fourth-order valence-electron chi connectivity index (χ4n) is 4.96. The highest BCUT2D eigenvalue weighted by Gasteiger charge is 2.35. The number of nitrogen functional groups attached to an aromatic ring is 1. The summed E-state index contributed by atoms with van der Waals surface area (Å²) in [6.45, 7) is 1.15. The molecule has 7 nitrogen and oxygen atoms in total. The Bertz CT molecular complexity index is 1350. The number of anilines is 2. The number of pyridine rings is 1. The summed E-state index contributed by atoms with van der Waals surface area (Å²) < 4.78 is 32.8. The molecular formula is C24H24F2N4O3. The second kappa shape index (κ2) is 7.84. The Morgan fingerprint density at radius 2 is 1.88 bits per heavy atom. The van der Waals surface area contributed by atoms with Gasteiger partial charge in [0.15, 0.2) is 11.6 Å². The number of hydrogen-bond acceptors (Lipinski definition) is 5. The van der Waals surface area contributed by atoms with Crippen LogP contribution in [0.1, 0.15) is 52.7 Å². The predicted molar refractivity (Wildman–Crippen MR) is 122 cm³/mol. The number of carbonyl (C=O) groups is 1. The first-order chi connectivity index (χ1) is 15.8. The summed E-state index contributed by atoms with van der Waals surface area (Å²) in [5, 5.41) is 9.02. The lowest BCUT2D eigenvalue weighted by Gasteiger charge is -2.24. The number of carboxylic acids is 1. The van der Waals surface area contributed by atoms with Gasteiger partial charge in [0.1, 0.15) is 11.3 Å². The molecule has 2 aliphatic rings. The topological polar surface area (TPSA) is 115 Å². The molecule has 0 amide bonds. The predicted octanol–water partition coefficient (Wildman–Crippen LogP) is 3.35. The summed E-state index contributed by atoms with van der Waals surface area (Å²) in [6.07, 6.45) is 3.26. The number of nitrogens with two attached hydrogens (primary N) is 2. The quantitative estimate of drug-likeness (QED) is 0.510. The molecule has 2 fully saturated rings. The van der Waals surface area contributed by atoms with E-state index >= 15 is 8.78 Å². The average molecular weight is 454 g/mol. The SMILES string of the molecule is NCc1ccccc1C1CCN(c2c(F)c(N)c3c(=O)c(C(=O)O)cn(C4CC4)c3c2F)C1. The Hall–Kier alpha value is -3.46. The zero-order valence-electron chi connectivity index (χ0n) is 17.9. The molecule has 1 aliphatic heterocycles. The third kappa shape index (κ3) is 3.34. The monoisotopic (exact) mass is 454 g/mol. The molecule has 3 aromatic rings. The van der Waals surface area contributed by atoms with Crippen molar-refractivity contribution in [3.63, 3.8) is 0 Å². The van der Waals surface area contributed by atoms with Crippen molar-refractivity contribution in [2.24, 2.45) is 5.73 Å². The standard InChI is InChI=1S/C24H24F2N4O3/c25-18-20(28)17-21(30(14-5-6-14)11-16(23(17)31)24(32)33)19(26)22(18)29-8-7-13(10-29)15-4-2-1-3-12(15)9-27/h1-4,11,13-14H,5-10,27-28H2,(H,32,33). The number of rotatable bonds is 5. The van der Waals surface area contributed by atoms with Crippen molar-refractivity contribution in [2.75, 3.05) is 23.7 Å². The third-order valence-electron chi connectivity index (χ3n) is 6.75. The van der Waals surface area contributed by atoms with E-state index in [1.807, 2.05) is 24.3 Å². The van der Waals surface area contributed by atoms with E-state index in [4.69, 9.17) is 11.5 Å². The molecule has 172 valence electrons. The van der Waals surface area contributed by atoms with Gasteiger partial charge in [0.2, 0.25) is 5.43 Å². The summed E-state index contributed by atoms with van der Waals surface area (Å²) in [4.78, 5) is 26.0. The van der Waals surface area contributed by atoms with Crippen molar-refractivity contribution in [2.45, 2.75) is 37.8 Å². The van der Waals surface area contributed by atoms with Crippen molar-refractivity contribution in [1.29, 1.82) is 0 Å². The first kappa shape index (κ1) is 21.4. The van der Waals surface area contributed by atoms with E-state index in [9.17, 15) is 14.7 Å². The molecule has 1 saturated heterocycles. The van der Waals surface area contributed by atoms with Gasteiger partial charge in [0, 0.05) is 37.8 Å². The van der Waals surface area contributed by atoms with Crippen molar-refractivity contribution >= 4 is 28.2 Å². The Morgan fingerprint density at radius 1 is 1.15 bits per heavy atom. The molecule has 2 aromatic carbocycles. The molecule has 1 saturated carbocycles. The van der Waals surface area contributed by atoms with Crippen LogP contribution in [0, 0.1) is 11.6 Å². The highest BCUT2D eigenvalue weighted by atomic mass is 19.1. The number of halogens is 2. The van der Waals surface area contributed by atoms with Crippen LogP contribution < -0.4 is 21.8 Å². The van der Waals surface area contributed by atoms with Crippen LogP contribution in [0.4, 0.5) is 20.2 Å². The first-order valence-corrected chi connectivity index (χ1v) is 10.9. The molecule has 1 aliphatic carbocycles. The number of aromatic nitrogens is 1. The van der Waals surface area contributed by atoms with Crippen LogP contribution in [0.5, 0.6) is 0 Å². The van der Waals surface area contributed by atoms with Gasteiger partial charge in [-0.2, -0.15) is 0 Å². The van der Waals surface area contributed by atoms with Gasteiger partial charge >= 0.3 is 5.97 Å². The second-order valence-corrected chi connectivity index (χ2v) is 8.76. The summed E-state index contributed by atoms with van der Waals surface area (Å²) >= 11 is 0. The van der Waals surface area contributed by atoms with Crippen molar-refractivity contribution in [3.05, 3.63) is 69.0 Å². The fraction of sp³-hybridized carbons (Fsp3) is 0.333. The van der Waals surface area contributed by atoms with Crippen LogP contribution in [0.15, 0.2) is 35.3 Å². The lowest BCUT2D eigenvalue weighted by atomic mass is 9.93. The molecular weight excluding hydrogens is 430 g/mol. The van der Waals surface area contributed by atoms with Crippen LogP contribution in [-0.4, -0.2) is 28.7 Å². The highest BCUT2D eigenvalue weighted by Crippen LogP contribution is 2.43. The summed E-state index contributed by atoms with van der Waals surface area (Å²) in [5.74, 6) is -3.33. The molecule has 2 heterocycles. The summed E-state index contributed by atoms with van der Waals surface area (Å²) in [5.41, 5.74) is 11.5. The molecule has 9 heteroatoms. The third-order valence-corrected chi connectivity index (χ3v) is 6.75.